The number of nitrogens with zero attached hydrogens (tertiary/aromatic N) is 1. The van der Waals surface area contributed by atoms with Gasteiger partial charge in [0.25, 0.3) is 18.3 Å². The number of amides is 2. The Morgan fingerprint density at radius 1 is 1.29 bits per heavy atom. The Morgan fingerprint density at radius 2 is 2.03 bits per heavy atom. The standard InChI is InChI=1S/C25H29FN2O7/c1-5-11-25(32,23(31)27-24(2,3)35-15-29)28-13-19-18(22(28)30)7-6-8-21(19)34-14-16-12-17(33-4)9-10-20(16)26/h6-10,12,15,32H,5,11,13-14H2,1-4H3,(H,27,31). The van der Waals surface area contributed by atoms with Crippen LogP contribution in [0.5, 0.6) is 11.5 Å². The number of aliphatic hydroxyl groups is 1. The summed E-state index contributed by atoms with van der Waals surface area (Å²) in [6.07, 6.45) is 0.332. The molecule has 0 spiro atoms. The van der Waals surface area contributed by atoms with Gasteiger partial charge in [-0.2, -0.15) is 0 Å². The second-order valence-electron chi connectivity index (χ2n) is 8.66. The van der Waals surface area contributed by atoms with Crippen molar-refractivity contribution < 1.29 is 38.1 Å². The number of carbonyl (C=O) groups excluding carboxylic acids is 3. The van der Waals surface area contributed by atoms with E-state index in [2.05, 4.69) is 5.32 Å². The summed E-state index contributed by atoms with van der Waals surface area (Å²) < 4.78 is 30.0. The minimum Gasteiger partial charge on any atom is -0.497 e. The monoisotopic (exact) mass is 488 g/mol. The number of methoxy groups -OCH3 is 1. The van der Waals surface area contributed by atoms with E-state index in [1.807, 2.05) is 0 Å². The lowest BCUT2D eigenvalue weighted by atomic mass is 10.0. The SMILES string of the molecule is CCCC(O)(C(=O)NC(C)(C)OC=O)N1Cc2c(OCc3cc(OC)ccc3F)cccc2C1=O. The minimum atomic E-state index is -2.20. The van der Waals surface area contributed by atoms with E-state index in [1.54, 1.807) is 25.1 Å². The van der Waals surface area contributed by atoms with Crippen LogP contribution >= 0.6 is 0 Å². The molecular formula is C25H29FN2O7. The van der Waals surface area contributed by atoms with Crippen LogP contribution in [-0.2, 0) is 27.5 Å². The van der Waals surface area contributed by atoms with Gasteiger partial charge in [-0.15, -0.1) is 0 Å². The Kier molecular flexibility index (Phi) is 7.64. The van der Waals surface area contributed by atoms with Crippen molar-refractivity contribution in [2.75, 3.05) is 7.11 Å². The highest BCUT2D eigenvalue weighted by Gasteiger charge is 2.49. The third-order valence-corrected chi connectivity index (χ3v) is 5.73. The smallest absolute Gasteiger partial charge is 0.295 e. The molecule has 0 radical (unpaired) electrons. The van der Waals surface area contributed by atoms with Crippen LogP contribution in [0, 0.1) is 5.82 Å². The summed E-state index contributed by atoms with van der Waals surface area (Å²) in [5.41, 5.74) is -2.61. The Hall–Kier alpha value is -3.66. The maximum absolute atomic E-state index is 14.2. The van der Waals surface area contributed by atoms with E-state index < -0.39 is 29.1 Å². The van der Waals surface area contributed by atoms with Crippen molar-refractivity contribution in [3.8, 4) is 11.5 Å². The van der Waals surface area contributed by atoms with Crippen molar-refractivity contribution in [3.63, 3.8) is 0 Å². The first-order chi connectivity index (χ1) is 16.6. The van der Waals surface area contributed by atoms with Gasteiger partial charge in [-0.25, -0.2) is 4.39 Å². The lowest BCUT2D eigenvalue weighted by Crippen LogP contribution is -2.62. The molecule has 2 N–H and O–H groups in total. The summed E-state index contributed by atoms with van der Waals surface area (Å²) in [4.78, 5) is 38.1. The van der Waals surface area contributed by atoms with Crippen LogP contribution in [0.4, 0.5) is 4.39 Å². The van der Waals surface area contributed by atoms with Gasteiger partial charge in [-0.3, -0.25) is 19.3 Å². The molecule has 3 rings (SSSR count). The largest absolute Gasteiger partial charge is 0.497 e. The molecule has 1 aliphatic heterocycles. The maximum atomic E-state index is 14.2. The molecule has 2 aromatic rings. The molecule has 1 unspecified atom stereocenters. The normalized spacial score (nSPS) is 14.7. The number of halogens is 1. The first-order valence-electron chi connectivity index (χ1n) is 11.1. The van der Waals surface area contributed by atoms with Gasteiger partial charge >= 0.3 is 0 Å². The topological polar surface area (TPSA) is 114 Å². The molecular weight excluding hydrogens is 459 g/mol. The Balaban J connectivity index is 1.87. The van der Waals surface area contributed by atoms with E-state index in [0.717, 1.165) is 4.90 Å². The average molecular weight is 489 g/mol. The van der Waals surface area contributed by atoms with Gasteiger partial charge < -0.3 is 24.6 Å². The van der Waals surface area contributed by atoms with Gasteiger partial charge in [-0.1, -0.05) is 19.4 Å². The molecule has 0 bridgehead atoms. The van der Waals surface area contributed by atoms with E-state index in [-0.39, 0.29) is 37.2 Å². The number of hydrogen-bond acceptors (Lipinski definition) is 7. The van der Waals surface area contributed by atoms with Crippen molar-refractivity contribution >= 4 is 18.3 Å². The fourth-order valence-corrected chi connectivity index (χ4v) is 3.93. The highest BCUT2D eigenvalue weighted by atomic mass is 19.1. The van der Waals surface area contributed by atoms with E-state index in [4.69, 9.17) is 14.2 Å². The molecule has 2 aromatic carbocycles. The zero-order valence-corrected chi connectivity index (χ0v) is 20.1. The van der Waals surface area contributed by atoms with Crippen molar-refractivity contribution in [3.05, 3.63) is 58.9 Å². The molecule has 2 amide bonds. The maximum Gasteiger partial charge on any atom is 0.295 e. The van der Waals surface area contributed by atoms with E-state index >= 15 is 0 Å². The van der Waals surface area contributed by atoms with Crippen LogP contribution in [0.25, 0.3) is 0 Å². The van der Waals surface area contributed by atoms with Gasteiger partial charge in [0.1, 0.15) is 23.9 Å². The van der Waals surface area contributed by atoms with Crippen LogP contribution in [-0.4, -0.2) is 46.9 Å². The zero-order valence-electron chi connectivity index (χ0n) is 20.1. The zero-order chi connectivity index (χ0) is 25.8. The lowest BCUT2D eigenvalue weighted by Gasteiger charge is -2.37. The summed E-state index contributed by atoms with van der Waals surface area (Å²) in [6, 6.07) is 9.10. The summed E-state index contributed by atoms with van der Waals surface area (Å²) in [7, 11) is 1.47. The van der Waals surface area contributed by atoms with Crippen LogP contribution in [0.2, 0.25) is 0 Å². The third-order valence-electron chi connectivity index (χ3n) is 5.73. The lowest BCUT2D eigenvalue weighted by molar-refractivity contribution is -0.170. The van der Waals surface area contributed by atoms with Gasteiger partial charge in [-0.05, 0) is 44.2 Å². The molecule has 0 aliphatic carbocycles. The van der Waals surface area contributed by atoms with E-state index in [9.17, 15) is 23.9 Å². The molecule has 35 heavy (non-hydrogen) atoms. The molecule has 10 heteroatoms. The summed E-state index contributed by atoms with van der Waals surface area (Å²) >= 11 is 0. The molecule has 1 aliphatic rings. The van der Waals surface area contributed by atoms with Crippen molar-refractivity contribution in [1.82, 2.24) is 10.2 Å². The number of rotatable bonds is 11. The second-order valence-corrected chi connectivity index (χ2v) is 8.66. The molecule has 0 saturated heterocycles. The quantitative estimate of drug-likeness (QED) is 0.369. The summed E-state index contributed by atoms with van der Waals surface area (Å²) in [5, 5.41) is 13.9. The van der Waals surface area contributed by atoms with Gasteiger partial charge in [0.15, 0.2) is 5.72 Å². The van der Waals surface area contributed by atoms with Crippen LogP contribution in [0.15, 0.2) is 36.4 Å². The number of carbonyl (C=O) groups is 3. The number of benzene rings is 2. The van der Waals surface area contributed by atoms with Crippen molar-refractivity contribution in [2.24, 2.45) is 0 Å². The Labute approximate surface area is 202 Å². The molecule has 9 nitrogen and oxygen atoms in total. The number of nitrogens with one attached hydrogen (secondary N) is 1. The molecule has 188 valence electrons. The number of fused-ring (bicyclic) bond motifs is 1. The third kappa shape index (κ3) is 5.37. The summed E-state index contributed by atoms with van der Waals surface area (Å²) in [6.45, 7) is 4.60. The van der Waals surface area contributed by atoms with Crippen molar-refractivity contribution in [1.29, 1.82) is 0 Å². The van der Waals surface area contributed by atoms with Gasteiger partial charge in [0.2, 0.25) is 5.72 Å². The molecule has 0 aromatic heterocycles. The predicted molar refractivity (Wildman–Crippen MR) is 123 cm³/mol. The number of ether oxygens (including phenoxy) is 3. The molecule has 0 saturated carbocycles. The second kappa shape index (κ2) is 10.3. The first-order valence-corrected chi connectivity index (χ1v) is 11.1. The predicted octanol–water partition coefficient (Wildman–Crippen LogP) is 2.88. The fourth-order valence-electron chi connectivity index (χ4n) is 3.93. The van der Waals surface area contributed by atoms with Gasteiger partial charge in [0, 0.05) is 23.1 Å². The van der Waals surface area contributed by atoms with Crippen molar-refractivity contribution in [2.45, 2.75) is 58.2 Å². The Bertz CT molecular complexity index is 1120. The van der Waals surface area contributed by atoms with Gasteiger partial charge in [0.05, 0.1) is 13.7 Å². The van der Waals surface area contributed by atoms with Crippen LogP contribution in [0.1, 0.15) is 55.1 Å². The average Bonchev–Trinajstić information content (AvgIpc) is 3.16. The van der Waals surface area contributed by atoms with E-state index in [1.165, 1.54) is 39.2 Å². The molecule has 0 fully saturated rings. The summed E-state index contributed by atoms with van der Waals surface area (Å²) in [5.74, 6) is -1.11. The highest BCUT2D eigenvalue weighted by molar-refractivity contribution is 6.02. The van der Waals surface area contributed by atoms with E-state index in [0.29, 0.717) is 23.5 Å². The molecule has 1 heterocycles. The fraction of sp³-hybridized carbons (Fsp3) is 0.400. The Morgan fingerprint density at radius 3 is 2.69 bits per heavy atom. The minimum absolute atomic E-state index is 0.0546. The number of hydrogen-bond donors (Lipinski definition) is 2. The van der Waals surface area contributed by atoms with Crippen LogP contribution < -0.4 is 14.8 Å². The first kappa shape index (κ1) is 26.0. The highest BCUT2D eigenvalue weighted by Crippen LogP contribution is 2.36. The van der Waals surface area contributed by atoms with Crippen LogP contribution in [0.3, 0.4) is 0 Å². The molecule has 1 atom stereocenters.